The first-order chi connectivity index (χ1) is 14.3. The van der Waals surface area contributed by atoms with Crippen LogP contribution >= 0.6 is 27.3 Å². The van der Waals surface area contributed by atoms with Gasteiger partial charge in [0.05, 0.1) is 23.2 Å². The van der Waals surface area contributed by atoms with E-state index >= 15 is 0 Å². The summed E-state index contributed by atoms with van der Waals surface area (Å²) in [6, 6.07) is 1.77. The first-order valence-electron chi connectivity index (χ1n) is 10.8. The van der Waals surface area contributed by atoms with Gasteiger partial charge in [-0.15, -0.1) is 11.3 Å². The molecule has 4 rings (SSSR count). The molecule has 1 saturated heterocycles. The second kappa shape index (κ2) is 8.88. The molecular weight excluding hydrogens is 470 g/mol. The van der Waals surface area contributed by atoms with Gasteiger partial charge in [-0.05, 0) is 84.7 Å². The van der Waals surface area contributed by atoms with Crippen molar-refractivity contribution in [1.29, 1.82) is 0 Å². The molecule has 0 aromatic carbocycles. The molecule has 0 bridgehead atoms. The molecule has 1 N–H and O–H groups in total. The molecule has 2 heterocycles. The van der Waals surface area contributed by atoms with E-state index in [0.717, 1.165) is 55.3 Å². The van der Waals surface area contributed by atoms with Gasteiger partial charge in [0.25, 0.3) is 0 Å². The first-order valence-corrected chi connectivity index (χ1v) is 12.4. The lowest BCUT2D eigenvalue weighted by Crippen LogP contribution is -2.41. The molecule has 2 aliphatic carbocycles. The lowest BCUT2D eigenvalue weighted by atomic mass is 9.59. The zero-order valence-corrected chi connectivity index (χ0v) is 20.0. The molecular formula is C22H30BrNO5S. The summed E-state index contributed by atoms with van der Waals surface area (Å²) in [5, 5.41) is 2.97. The average Bonchev–Trinajstić information content (AvgIpc) is 3.34. The number of hydrogen-bond donors (Lipinski definition) is 1. The van der Waals surface area contributed by atoms with E-state index in [1.54, 1.807) is 6.07 Å². The molecule has 8 heteroatoms. The SMILES string of the molecule is COC(=O)c1sc(Br)cc1NC(=O)[C@H]1CC[C@@](C)(C2CCC3(CCOO3)CC2)CC1. The molecule has 0 unspecified atom stereocenters. The fourth-order valence-corrected chi connectivity index (χ4v) is 6.96. The quantitative estimate of drug-likeness (QED) is 0.423. The average molecular weight is 500 g/mol. The van der Waals surface area contributed by atoms with Crippen LogP contribution < -0.4 is 5.32 Å². The van der Waals surface area contributed by atoms with E-state index in [1.807, 2.05) is 0 Å². The van der Waals surface area contributed by atoms with Crippen molar-refractivity contribution < 1.29 is 24.1 Å². The maximum atomic E-state index is 12.9. The van der Waals surface area contributed by atoms with Gasteiger partial charge in [-0.1, -0.05) is 6.92 Å². The van der Waals surface area contributed by atoms with Crippen molar-refractivity contribution in [2.24, 2.45) is 17.3 Å². The minimum Gasteiger partial charge on any atom is -0.465 e. The molecule has 6 nitrogen and oxygen atoms in total. The Morgan fingerprint density at radius 3 is 2.47 bits per heavy atom. The van der Waals surface area contributed by atoms with E-state index in [0.29, 0.717) is 21.9 Å². The van der Waals surface area contributed by atoms with E-state index in [9.17, 15) is 9.59 Å². The zero-order chi connectivity index (χ0) is 21.4. The molecule has 3 aliphatic rings. The standard InChI is InChI=1S/C22H30BrNO5S/c1-21(15-5-9-22(10-6-15)11-12-28-29-22)7-3-14(4-8-21)19(25)24-16-13-17(23)30-18(16)20(26)27-2/h13-15H,3-12H2,1-2H3,(H,24,25)/t14-,15?,21+,22?. The van der Waals surface area contributed by atoms with Gasteiger partial charge in [0.2, 0.25) is 5.91 Å². The number of anilines is 1. The fourth-order valence-electron chi connectivity index (χ4n) is 5.49. The zero-order valence-electron chi connectivity index (χ0n) is 17.6. The lowest BCUT2D eigenvalue weighted by Gasteiger charge is -2.47. The van der Waals surface area contributed by atoms with E-state index in [-0.39, 0.29) is 17.4 Å². The monoisotopic (exact) mass is 499 g/mol. The Bertz CT molecular complexity index is 785. The Balaban J connectivity index is 1.32. The Morgan fingerprint density at radius 1 is 1.17 bits per heavy atom. The van der Waals surface area contributed by atoms with Gasteiger partial charge in [0.1, 0.15) is 10.5 Å². The van der Waals surface area contributed by atoms with Gasteiger partial charge in [-0.25, -0.2) is 14.6 Å². The number of ether oxygens (including phenoxy) is 1. The van der Waals surface area contributed by atoms with Crippen molar-refractivity contribution in [3.05, 3.63) is 14.7 Å². The van der Waals surface area contributed by atoms with Crippen molar-refractivity contribution in [2.45, 2.75) is 70.3 Å². The van der Waals surface area contributed by atoms with Crippen LogP contribution in [0, 0.1) is 17.3 Å². The van der Waals surface area contributed by atoms with Crippen LogP contribution in [0.2, 0.25) is 0 Å². The molecule has 1 aromatic rings. The van der Waals surface area contributed by atoms with Crippen LogP contribution in [0.25, 0.3) is 0 Å². The van der Waals surface area contributed by atoms with Gasteiger partial charge in [0, 0.05) is 12.3 Å². The number of hydrogen-bond acceptors (Lipinski definition) is 6. The third kappa shape index (κ3) is 4.47. The van der Waals surface area contributed by atoms with Crippen LogP contribution in [0.15, 0.2) is 9.85 Å². The smallest absolute Gasteiger partial charge is 0.350 e. The van der Waals surface area contributed by atoms with Crippen molar-refractivity contribution >= 4 is 44.8 Å². The van der Waals surface area contributed by atoms with Gasteiger partial charge < -0.3 is 10.1 Å². The highest BCUT2D eigenvalue weighted by Crippen LogP contribution is 2.52. The Morgan fingerprint density at radius 2 is 1.87 bits per heavy atom. The number of carbonyl (C=O) groups is 2. The van der Waals surface area contributed by atoms with Gasteiger partial charge >= 0.3 is 5.97 Å². The van der Waals surface area contributed by atoms with Crippen LogP contribution in [0.3, 0.4) is 0 Å². The topological polar surface area (TPSA) is 73.9 Å². The maximum absolute atomic E-state index is 12.9. The predicted molar refractivity (Wildman–Crippen MR) is 118 cm³/mol. The Labute approximate surface area is 190 Å². The van der Waals surface area contributed by atoms with Crippen LogP contribution in [0.1, 0.15) is 74.4 Å². The molecule has 1 aromatic heterocycles. The molecule has 166 valence electrons. The molecule has 30 heavy (non-hydrogen) atoms. The van der Waals surface area contributed by atoms with Crippen molar-refractivity contribution in [2.75, 3.05) is 19.0 Å². The minimum atomic E-state index is -0.427. The van der Waals surface area contributed by atoms with Gasteiger partial charge in [-0.3, -0.25) is 4.79 Å². The second-order valence-corrected chi connectivity index (χ2v) is 11.7. The minimum absolute atomic E-state index is 0.00612. The summed E-state index contributed by atoms with van der Waals surface area (Å²) in [5.41, 5.74) is 0.796. The van der Waals surface area contributed by atoms with E-state index in [2.05, 4.69) is 28.2 Å². The molecule has 2 saturated carbocycles. The Hall–Kier alpha value is -0.960. The lowest BCUT2D eigenvalue weighted by molar-refractivity contribution is -0.316. The highest BCUT2D eigenvalue weighted by molar-refractivity contribution is 9.11. The number of nitrogens with one attached hydrogen (secondary N) is 1. The molecule has 1 aliphatic heterocycles. The van der Waals surface area contributed by atoms with Crippen LogP contribution in [0.5, 0.6) is 0 Å². The van der Waals surface area contributed by atoms with Crippen molar-refractivity contribution in [3.8, 4) is 0 Å². The molecule has 1 spiro atoms. The molecule has 3 fully saturated rings. The summed E-state index contributed by atoms with van der Waals surface area (Å²) >= 11 is 4.66. The van der Waals surface area contributed by atoms with Crippen LogP contribution in [-0.2, 0) is 19.3 Å². The third-order valence-electron chi connectivity index (χ3n) is 7.59. The molecule has 1 amide bonds. The molecule has 0 atom stereocenters. The summed E-state index contributed by atoms with van der Waals surface area (Å²) < 4.78 is 5.62. The first kappa shape index (κ1) is 22.2. The van der Waals surface area contributed by atoms with Gasteiger partial charge in [-0.2, -0.15) is 0 Å². The van der Waals surface area contributed by atoms with Gasteiger partial charge in [0.15, 0.2) is 0 Å². The maximum Gasteiger partial charge on any atom is 0.350 e. The largest absolute Gasteiger partial charge is 0.465 e. The predicted octanol–water partition coefficient (Wildman–Crippen LogP) is 5.71. The highest BCUT2D eigenvalue weighted by Gasteiger charge is 2.46. The number of halogens is 1. The summed E-state index contributed by atoms with van der Waals surface area (Å²) in [5.74, 6) is 0.259. The van der Waals surface area contributed by atoms with Crippen molar-refractivity contribution in [1.82, 2.24) is 0 Å². The third-order valence-corrected chi connectivity index (χ3v) is 9.21. The van der Waals surface area contributed by atoms with E-state index < -0.39 is 5.97 Å². The van der Waals surface area contributed by atoms with E-state index in [1.165, 1.54) is 31.3 Å². The molecule has 0 radical (unpaired) electrons. The summed E-state index contributed by atoms with van der Waals surface area (Å²) in [4.78, 5) is 36.1. The number of amides is 1. The number of methoxy groups -OCH3 is 1. The number of thiophene rings is 1. The number of carbonyl (C=O) groups excluding carboxylic acids is 2. The summed E-state index contributed by atoms with van der Waals surface area (Å²) in [6.07, 6.45) is 9.47. The highest BCUT2D eigenvalue weighted by atomic mass is 79.9. The number of rotatable bonds is 4. The second-order valence-electron chi connectivity index (χ2n) is 9.32. The Kier molecular flexibility index (Phi) is 6.59. The van der Waals surface area contributed by atoms with Crippen LogP contribution in [0.4, 0.5) is 5.69 Å². The number of esters is 1. The fraction of sp³-hybridized carbons (Fsp3) is 0.727. The van der Waals surface area contributed by atoms with E-state index in [4.69, 9.17) is 14.5 Å². The van der Waals surface area contributed by atoms with Crippen molar-refractivity contribution in [3.63, 3.8) is 0 Å². The summed E-state index contributed by atoms with van der Waals surface area (Å²) in [7, 11) is 1.35. The summed E-state index contributed by atoms with van der Waals surface area (Å²) in [6.45, 7) is 3.12. The normalized spacial score (nSPS) is 34.1. The van der Waals surface area contributed by atoms with Crippen LogP contribution in [-0.4, -0.2) is 31.2 Å².